The monoisotopic (exact) mass is 392 g/mol. The van der Waals surface area contributed by atoms with E-state index in [2.05, 4.69) is 22.3 Å². The number of likely N-dealkylation sites (N-methyl/N-ethyl adjacent to an activating group) is 1. The minimum atomic E-state index is 0.414. The maximum absolute atomic E-state index is 10.2. The lowest BCUT2D eigenvalue weighted by atomic mass is 9.75. The van der Waals surface area contributed by atoms with Crippen LogP contribution in [0.25, 0.3) is 0 Å². The molecule has 4 saturated carbocycles. The van der Waals surface area contributed by atoms with Gasteiger partial charge in [0.2, 0.25) is 0 Å². The first-order valence-corrected chi connectivity index (χ1v) is 12.2. The molecule has 1 aromatic carbocycles. The van der Waals surface area contributed by atoms with Crippen LogP contribution in [0.2, 0.25) is 0 Å². The molecule has 0 atom stereocenters. The van der Waals surface area contributed by atoms with Gasteiger partial charge in [-0.3, -0.25) is 0 Å². The number of hydrogen-bond donors (Lipinski definition) is 1. The molecule has 6 rings (SSSR count). The quantitative estimate of drug-likeness (QED) is 0.509. The minimum Gasteiger partial charge on any atom is -0.507 e. The summed E-state index contributed by atoms with van der Waals surface area (Å²) in [5.74, 6) is 1.39. The van der Waals surface area contributed by atoms with Crippen molar-refractivity contribution < 1.29 is 5.11 Å². The number of nitrogens with zero attached hydrogens (tertiary/aromatic N) is 2. The van der Waals surface area contributed by atoms with E-state index in [1.807, 2.05) is 12.3 Å². The van der Waals surface area contributed by atoms with Crippen molar-refractivity contribution in [1.29, 1.82) is 0 Å². The molecule has 1 aliphatic heterocycles. The molecule has 0 aromatic heterocycles. The van der Waals surface area contributed by atoms with Crippen molar-refractivity contribution in [2.24, 2.45) is 5.92 Å². The fraction of sp³-hybridized carbons (Fsp3) is 0.714. The Morgan fingerprint density at radius 2 is 1.81 bits per heavy atom. The first kappa shape index (κ1) is 18.8. The number of thioether (sulfide) groups is 1. The van der Waals surface area contributed by atoms with Crippen LogP contribution >= 0.6 is 23.7 Å². The second kappa shape index (κ2) is 7.84. The second-order valence-corrected chi connectivity index (χ2v) is 10.5. The summed E-state index contributed by atoms with van der Waals surface area (Å²) in [4.78, 5) is 4.87. The summed E-state index contributed by atoms with van der Waals surface area (Å²) in [5, 5.41) is 10.2. The molecule has 4 fully saturated rings. The Morgan fingerprint density at radius 3 is 2.38 bits per heavy atom. The second-order valence-electron chi connectivity index (χ2n) is 8.39. The van der Waals surface area contributed by atoms with Gasteiger partial charge in [0.25, 0.3) is 0 Å². The van der Waals surface area contributed by atoms with Crippen LogP contribution in [0.15, 0.2) is 21.9 Å². The number of rotatable bonds is 2. The zero-order chi connectivity index (χ0) is 18.1. The highest BCUT2D eigenvalue weighted by Gasteiger charge is 2.54. The largest absolute Gasteiger partial charge is 0.507 e. The Bertz CT molecular complexity index is 628. The lowest BCUT2D eigenvalue weighted by Crippen LogP contribution is -2.53. The number of anilines is 1. The number of phenolic OH excluding ortho intramolecular Hbond substituents is 1. The van der Waals surface area contributed by atoms with Crippen LogP contribution in [0, 0.1) is 5.92 Å². The minimum absolute atomic E-state index is 0.414. The highest BCUT2D eigenvalue weighted by atomic mass is 32.2. The topological polar surface area (TPSA) is 26.7 Å². The Balaban J connectivity index is 0.000000292. The molecular formula is C21H32N2OS2. The van der Waals surface area contributed by atoms with Crippen LogP contribution in [0.3, 0.4) is 0 Å². The lowest BCUT2D eigenvalue weighted by molar-refractivity contribution is 0.227. The molecule has 2 bridgehead atoms. The molecule has 4 aliphatic carbocycles. The standard InChI is InChI=1S/C16H22N2OS2.C5H10/c1-17-5-6-18(16-4-3-11(9-16)10-16)12-7-15(20-2)13(19)8-14(12)21-17;1-2-4-5-3-1/h7-8,11,19H,3-6,9-10H2,1-2H3;1-5H2. The van der Waals surface area contributed by atoms with Crippen LogP contribution in [-0.2, 0) is 0 Å². The first-order chi connectivity index (χ1) is 12.6. The number of hydrogen-bond acceptors (Lipinski definition) is 5. The highest BCUT2D eigenvalue weighted by molar-refractivity contribution is 7.98. The van der Waals surface area contributed by atoms with E-state index in [0.29, 0.717) is 11.3 Å². The van der Waals surface area contributed by atoms with Gasteiger partial charge in [-0.05, 0) is 69.0 Å². The Morgan fingerprint density at radius 1 is 1.12 bits per heavy atom. The fourth-order valence-electron chi connectivity index (χ4n) is 5.19. The molecule has 3 nitrogen and oxygen atoms in total. The van der Waals surface area contributed by atoms with Gasteiger partial charge < -0.3 is 10.0 Å². The fourth-order valence-corrected chi connectivity index (χ4v) is 6.62. The third-order valence-corrected chi connectivity index (χ3v) is 8.41. The van der Waals surface area contributed by atoms with E-state index in [0.717, 1.165) is 23.9 Å². The van der Waals surface area contributed by atoms with E-state index in [-0.39, 0.29) is 0 Å². The summed E-state index contributed by atoms with van der Waals surface area (Å²) in [7, 11) is 2.15. The van der Waals surface area contributed by atoms with E-state index in [1.54, 1.807) is 23.7 Å². The van der Waals surface area contributed by atoms with E-state index >= 15 is 0 Å². The summed E-state index contributed by atoms with van der Waals surface area (Å²) in [6.45, 7) is 2.17. The molecule has 0 radical (unpaired) electrons. The molecule has 5 heteroatoms. The number of fused-ring (bicyclic) bond motifs is 2. The van der Waals surface area contributed by atoms with Gasteiger partial charge >= 0.3 is 0 Å². The Kier molecular flexibility index (Phi) is 5.68. The van der Waals surface area contributed by atoms with Crippen LogP contribution < -0.4 is 4.90 Å². The van der Waals surface area contributed by atoms with Crippen molar-refractivity contribution in [1.82, 2.24) is 4.31 Å². The maximum Gasteiger partial charge on any atom is 0.130 e. The van der Waals surface area contributed by atoms with Gasteiger partial charge in [0.15, 0.2) is 0 Å². The van der Waals surface area contributed by atoms with Gasteiger partial charge in [-0.2, -0.15) is 0 Å². The summed E-state index contributed by atoms with van der Waals surface area (Å²) in [5.41, 5.74) is 1.75. The van der Waals surface area contributed by atoms with Crippen LogP contribution in [0.1, 0.15) is 57.8 Å². The van der Waals surface area contributed by atoms with Gasteiger partial charge in [0, 0.05) is 18.6 Å². The third kappa shape index (κ3) is 3.59. The number of aromatic hydroxyl groups is 1. The molecule has 0 amide bonds. The van der Waals surface area contributed by atoms with Gasteiger partial charge in [-0.1, -0.05) is 32.1 Å². The van der Waals surface area contributed by atoms with Crippen LogP contribution in [0.4, 0.5) is 5.69 Å². The average molecular weight is 393 g/mol. The molecule has 0 unspecified atom stereocenters. The van der Waals surface area contributed by atoms with Gasteiger partial charge in [0.1, 0.15) is 5.75 Å². The van der Waals surface area contributed by atoms with Crippen molar-refractivity contribution >= 4 is 29.4 Å². The van der Waals surface area contributed by atoms with E-state index < -0.39 is 0 Å². The molecule has 1 N–H and O–H groups in total. The predicted molar refractivity (Wildman–Crippen MR) is 113 cm³/mol. The van der Waals surface area contributed by atoms with Crippen molar-refractivity contribution in [2.45, 2.75) is 73.1 Å². The van der Waals surface area contributed by atoms with Crippen LogP contribution in [-0.4, -0.2) is 41.3 Å². The molecule has 1 heterocycles. The van der Waals surface area contributed by atoms with Gasteiger partial charge in [0.05, 0.1) is 15.5 Å². The van der Waals surface area contributed by atoms with E-state index in [1.165, 1.54) is 68.4 Å². The van der Waals surface area contributed by atoms with E-state index in [9.17, 15) is 5.11 Å². The molecule has 144 valence electrons. The molecule has 0 saturated heterocycles. The maximum atomic E-state index is 10.2. The predicted octanol–water partition coefficient (Wildman–Crippen LogP) is 5.77. The lowest BCUT2D eigenvalue weighted by Gasteiger charge is -2.49. The molecule has 1 aromatic rings. The normalized spacial score (nSPS) is 30.2. The highest BCUT2D eigenvalue weighted by Crippen LogP contribution is 2.58. The van der Waals surface area contributed by atoms with Crippen molar-refractivity contribution in [3.05, 3.63) is 12.1 Å². The van der Waals surface area contributed by atoms with Crippen molar-refractivity contribution in [3.63, 3.8) is 0 Å². The summed E-state index contributed by atoms with van der Waals surface area (Å²) in [6, 6.07) is 4.17. The number of benzene rings is 1. The molecular weight excluding hydrogens is 360 g/mol. The molecule has 0 spiro atoms. The first-order valence-electron chi connectivity index (χ1n) is 10.2. The summed E-state index contributed by atoms with van der Waals surface area (Å²) >= 11 is 3.40. The third-order valence-electron chi connectivity index (χ3n) is 6.62. The smallest absolute Gasteiger partial charge is 0.130 e. The zero-order valence-electron chi connectivity index (χ0n) is 16.2. The zero-order valence-corrected chi connectivity index (χ0v) is 17.8. The SMILES string of the molecule is C1CCCC1.CSc1cc2c(cc1O)SN(C)CCN2C12CCC(C1)C2. The van der Waals surface area contributed by atoms with Gasteiger partial charge in [-0.25, -0.2) is 4.31 Å². The van der Waals surface area contributed by atoms with Gasteiger partial charge in [-0.15, -0.1) is 11.8 Å². The summed E-state index contributed by atoms with van der Waals surface area (Å²) < 4.78 is 2.29. The van der Waals surface area contributed by atoms with Crippen molar-refractivity contribution in [2.75, 3.05) is 31.3 Å². The van der Waals surface area contributed by atoms with E-state index in [4.69, 9.17) is 0 Å². The van der Waals surface area contributed by atoms with Crippen molar-refractivity contribution in [3.8, 4) is 5.75 Å². The molecule has 5 aliphatic rings. The number of phenols is 1. The molecule has 26 heavy (non-hydrogen) atoms. The Labute approximate surface area is 167 Å². The Hall–Kier alpha value is -0.520. The summed E-state index contributed by atoms with van der Waals surface area (Å²) in [6.07, 6.45) is 15.0. The average Bonchev–Trinajstić information content (AvgIpc) is 3.33. The van der Waals surface area contributed by atoms with Crippen LogP contribution in [0.5, 0.6) is 5.75 Å².